The Morgan fingerprint density at radius 3 is 2.60 bits per heavy atom. The van der Waals surface area contributed by atoms with Crippen LogP contribution in [0, 0.1) is 4.91 Å². The molecular weight excluding hydrogens is 387 g/mol. The number of fused-ring (bicyclic) bond motifs is 1. The van der Waals surface area contributed by atoms with E-state index >= 15 is 0 Å². The summed E-state index contributed by atoms with van der Waals surface area (Å²) < 4.78 is 5.68. The van der Waals surface area contributed by atoms with E-state index in [1.54, 1.807) is 18.2 Å². The molecule has 6 nitrogen and oxygen atoms in total. The zero-order valence-electron chi connectivity index (χ0n) is 13.4. The predicted molar refractivity (Wildman–Crippen MR) is 98.3 cm³/mol. The summed E-state index contributed by atoms with van der Waals surface area (Å²) in [6.07, 6.45) is 0. The lowest BCUT2D eigenvalue weighted by Crippen LogP contribution is -2.49. The Labute approximate surface area is 153 Å². The van der Waals surface area contributed by atoms with Gasteiger partial charge in [-0.2, -0.15) is 0 Å². The second kappa shape index (κ2) is 6.11. The number of hydrogen-bond donors (Lipinski definition) is 1. The van der Waals surface area contributed by atoms with Crippen LogP contribution in [0.4, 0.5) is 11.4 Å². The number of Topliss-reactive ketones (excluding diaryl/α,β-unsaturated/α-hetero) is 1. The molecule has 1 aliphatic heterocycles. The topological polar surface area (TPSA) is 84.8 Å². The third-order valence-corrected chi connectivity index (χ3v) is 4.84. The van der Waals surface area contributed by atoms with Crippen LogP contribution in [0.2, 0.25) is 0 Å². The molecule has 124 valence electrons. The number of methoxy groups -OCH3 is 1. The van der Waals surface area contributed by atoms with E-state index in [0.29, 0.717) is 15.6 Å². The van der Waals surface area contributed by atoms with Crippen LogP contribution in [-0.2, 0) is 10.2 Å². The first-order valence-electron chi connectivity index (χ1n) is 7.30. The van der Waals surface area contributed by atoms with Gasteiger partial charge in [0.2, 0.25) is 5.91 Å². The van der Waals surface area contributed by atoms with Crippen LogP contribution in [0.1, 0.15) is 22.8 Å². The molecule has 0 saturated carbocycles. The Morgan fingerprint density at radius 2 is 1.96 bits per heavy atom. The van der Waals surface area contributed by atoms with Gasteiger partial charge in [0.1, 0.15) is 24.7 Å². The first-order chi connectivity index (χ1) is 11.8. The van der Waals surface area contributed by atoms with Gasteiger partial charge >= 0.3 is 0 Å². The summed E-state index contributed by atoms with van der Waals surface area (Å²) in [4.78, 5) is 36.9. The number of hydrogen-bond acceptors (Lipinski definition) is 5. The quantitative estimate of drug-likeness (QED) is 0.489. The zero-order valence-corrected chi connectivity index (χ0v) is 15.0. The Kier molecular flexibility index (Phi) is 4.24. The molecule has 2 aromatic carbocycles. The van der Waals surface area contributed by atoms with Crippen LogP contribution < -0.4 is 15.5 Å². The molecule has 0 bridgehead atoms. The first-order valence-corrected chi connectivity index (χ1v) is 8.09. The molecule has 3 rings (SSSR count). The number of nitrogens with zero attached hydrogens (tertiary/aromatic N) is 1. The van der Waals surface area contributed by atoms with Crippen LogP contribution in [-0.4, -0.2) is 26.6 Å². The molecule has 0 aliphatic carbocycles. The fourth-order valence-electron chi connectivity index (χ4n) is 2.89. The average molecular weight is 399 g/mol. The van der Waals surface area contributed by atoms with Gasteiger partial charge in [0.25, 0.3) is 0 Å². The lowest BCUT2D eigenvalue weighted by Gasteiger charge is -2.34. The molecule has 1 N–H and O–H groups in total. The van der Waals surface area contributed by atoms with Crippen LogP contribution >= 0.6 is 15.9 Å². The molecule has 2 radical (unpaired) electrons. The SMILES string of the molecule is [B]c1cc(Br)cc2c1NC(=O)C(C)(c1ccc(OC)c(N=O)c1)C2=O. The molecule has 0 fully saturated rings. The van der Waals surface area contributed by atoms with Crippen molar-refractivity contribution >= 4 is 52.3 Å². The van der Waals surface area contributed by atoms with Gasteiger partial charge in [0.15, 0.2) is 5.78 Å². The summed E-state index contributed by atoms with van der Waals surface area (Å²) in [7, 11) is 7.31. The smallest absolute Gasteiger partial charge is 0.242 e. The number of amides is 1. The molecule has 0 aromatic heterocycles. The van der Waals surface area contributed by atoms with Crippen molar-refractivity contribution in [1.29, 1.82) is 0 Å². The highest BCUT2D eigenvalue weighted by atomic mass is 79.9. The van der Waals surface area contributed by atoms with Crippen molar-refractivity contribution < 1.29 is 14.3 Å². The molecule has 1 atom stereocenters. The van der Waals surface area contributed by atoms with E-state index in [9.17, 15) is 14.5 Å². The minimum atomic E-state index is -1.52. The second-order valence-corrected chi connectivity index (χ2v) is 6.72. The fraction of sp³-hybridized carbons (Fsp3) is 0.176. The maximum Gasteiger partial charge on any atom is 0.242 e. The number of nitrogens with one attached hydrogen (secondary N) is 1. The maximum atomic E-state index is 13.1. The molecule has 1 amide bonds. The van der Waals surface area contributed by atoms with Gasteiger partial charge in [-0.05, 0) is 35.9 Å². The van der Waals surface area contributed by atoms with Crippen molar-refractivity contribution in [2.45, 2.75) is 12.3 Å². The number of anilines is 1. The fourth-order valence-corrected chi connectivity index (χ4v) is 3.37. The molecule has 8 heteroatoms. The summed E-state index contributed by atoms with van der Waals surface area (Å²) in [5.41, 5.74) is -0.288. The summed E-state index contributed by atoms with van der Waals surface area (Å²) in [6.45, 7) is 1.50. The van der Waals surface area contributed by atoms with E-state index < -0.39 is 17.1 Å². The zero-order chi connectivity index (χ0) is 18.4. The van der Waals surface area contributed by atoms with Crippen molar-refractivity contribution in [3.63, 3.8) is 0 Å². The number of benzene rings is 2. The Morgan fingerprint density at radius 1 is 1.24 bits per heavy atom. The van der Waals surface area contributed by atoms with Crippen molar-refractivity contribution in [2.24, 2.45) is 5.18 Å². The largest absolute Gasteiger partial charge is 0.494 e. The monoisotopic (exact) mass is 398 g/mol. The Balaban J connectivity index is 2.20. The highest BCUT2D eigenvalue weighted by Gasteiger charge is 2.48. The van der Waals surface area contributed by atoms with Crippen molar-refractivity contribution in [1.82, 2.24) is 0 Å². The van der Waals surface area contributed by atoms with Gasteiger partial charge in [-0.1, -0.05) is 33.5 Å². The lowest BCUT2D eigenvalue weighted by atomic mass is 9.71. The predicted octanol–water partition coefficient (Wildman–Crippen LogP) is 2.74. The van der Waals surface area contributed by atoms with Crippen molar-refractivity contribution in [3.05, 3.63) is 50.8 Å². The number of carbonyl (C=O) groups is 2. The van der Waals surface area contributed by atoms with E-state index in [2.05, 4.69) is 26.4 Å². The molecule has 1 aliphatic rings. The highest BCUT2D eigenvalue weighted by Crippen LogP contribution is 2.40. The maximum absolute atomic E-state index is 13.1. The number of carbonyl (C=O) groups excluding carboxylic acids is 2. The van der Waals surface area contributed by atoms with Crippen LogP contribution in [0.3, 0.4) is 0 Å². The van der Waals surface area contributed by atoms with Crippen LogP contribution in [0.5, 0.6) is 5.75 Å². The number of rotatable bonds is 3. The molecule has 1 heterocycles. The van der Waals surface area contributed by atoms with E-state index in [-0.39, 0.29) is 22.6 Å². The number of ether oxygens (including phenoxy) is 1. The van der Waals surface area contributed by atoms with Crippen molar-refractivity contribution in [3.8, 4) is 5.75 Å². The number of ketones is 1. The first kappa shape index (κ1) is 17.4. The van der Waals surface area contributed by atoms with Gasteiger partial charge in [-0.25, -0.2) is 0 Å². The standard InChI is InChI=1S/C17H12BBrN2O4/c1-17(8-3-4-13(25-2)12(5-8)21-24)15(22)10-6-9(19)7-11(18)14(10)20-16(17)23/h3-7H,1-2H3,(H,20,23). The third-order valence-electron chi connectivity index (χ3n) is 4.38. The molecule has 2 aromatic rings. The van der Waals surface area contributed by atoms with Crippen LogP contribution in [0.25, 0.3) is 0 Å². The van der Waals surface area contributed by atoms with Gasteiger partial charge in [0, 0.05) is 15.7 Å². The number of nitroso groups, excluding NO2 is 1. The van der Waals surface area contributed by atoms with Gasteiger partial charge in [0.05, 0.1) is 7.11 Å². The molecular formula is C17H12BBrN2O4. The minimum absolute atomic E-state index is 0.0152. The van der Waals surface area contributed by atoms with Gasteiger partial charge < -0.3 is 10.1 Å². The van der Waals surface area contributed by atoms with E-state index in [4.69, 9.17) is 12.6 Å². The summed E-state index contributed by atoms with van der Waals surface area (Å²) in [5, 5.41) is 5.60. The highest BCUT2D eigenvalue weighted by molar-refractivity contribution is 9.10. The van der Waals surface area contributed by atoms with Gasteiger partial charge in [-0.3, -0.25) is 9.59 Å². The van der Waals surface area contributed by atoms with E-state index in [1.807, 2.05) is 0 Å². The number of halogens is 1. The van der Waals surface area contributed by atoms with E-state index in [1.165, 1.54) is 26.2 Å². The molecule has 25 heavy (non-hydrogen) atoms. The minimum Gasteiger partial charge on any atom is -0.494 e. The Hall–Kier alpha value is -2.48. The van der Waals surface area contributed by atoms with Gasteiger partial charge in [-0.15, -0.1) is 4.91 Å². The summed E-state index contributed by atoms with van der Waals surface area (Å²) in [5.74, 6) is -0.680. The lowest BCUT2D eigenvalue weighted by molar-refractivity contribution is -0.119. The second-order valence-electron chi connectivity index (χ2n) is 5.80. The molecule has 0 saturated heterocycles. The summed E-state index contributed by atoms with van der Waals surface area (Å²) in [6, 6.07) is 7.67. The van der Waals surface area contributed by atoms with Crippen molar-refractivity contribution in [2.75, 3.05) is 12.4 Å². The van der Waals surface area contributed by atoms with E-state index in [0.717, 1.165) is 0 Å². The van der Waals surface area contributed by atoms with Crippen LogP contribution in [0.15, 0.2) is 40.0 Å². The average Bonchev–Trinajstić information content (AvgIpc) is 2.60. The summed E-state index contributed by atoms with van der Waals surface area (Å²) >= 11 is 3.30. The Bertz CT molecular complexity index is 931. The normalized spacial score (nSPS) is 19.2. The molecule has 0 spiro atoms. The molecule has 1 unspecified atom stereocenters. The third kappa shape index (κ3) is 2.57.